The van der Waals surface area contributed by atoms with E-state index in [2.05, 4.69) is 15.5 Å². The van der Waals surface area contributed by atoms with Gasteiger partial charge >= 0.3 is 11.9 Å². The van der Waals surface area contributed by atoms with E-state index in [4.69, 9.17) is 14.2 Å². The summed E-state index contributed by atoms with van der Waals surface area (Å²) >= 11 is 0. The Hall–Kier alpha value is -3.95. The predicted octanol–water partition coefficient (Wildman–Crippen LogP) is 1.16. The number of methoxy groups -OCH3 is 3. The molecular formula is C18H17N5O5. The zero-order chi connectivity index (χ0) is 20.1. The average Bonchev–Trinajstić information content (AvgIpc) is 3.18. The first-order valence-corrected chi connectivity index (χ1v) is 8.07. The van der Waals surface area contributed by atoms with E-state index in [0.717, 1.165) is 0 Å². The van der Waals surface area contributed by atoms with E-state index in [1.54, 1.807) is 36.6 Å². The number of esters is 2. The molecular weight excluding hydrogens is 366 g/mol. The van der Waals surface area contributed by atoms with Crippen LogP contribution in [-0.2, 0) is 19.1 Å². The summed E-state index contributed by atoms with van der Waals surface area (Å²) in [6.07, 6.45) is 7.86. The first-order valence-electron chi connectivity index (χ1n) is 8.07. The van der Waals surface area contributed by atoms with E-state index in [1.807, 2.05) is 0 Å². The van der Waals surface area contributed by atoms with Gasteiger partial charge in [-0.15, -0.1) is 5.10 Å². The van der Waals surface area contributed by atoms with E-state index < -0.39 is 11.9 Å². The molecule has 28 heavy (non-hydrogen) atoms. The third kappa shape index (κ3) is 3.47. The van der Waals surface area contributed by atoms with Crippen LogP contribution in [0, 0.1) is 0 Å². The van der Waals surface area contributed by atoms with Crippen molar-refractivity contribution in [3.05, 3.63) is 60.2 Å². The van der Waals surface area contributed by atoms with Crippen LogP contribution in [0.3, 0.4) is 0 Å². The maximum absolute atomic E-state index is 12.5. The van der Waals surface area contributed by atoms with Crippen molar-refractivity contribution in [1.29, 1.82) is 0 Å². The van der Waals surface area contributed by atoms with E-state index in [0.29, 0.717) is 17.1 Å². The monoisotopic (exact) mass is 383 g/mol. The Labute approximate surface area is 160 Å². The summed E-state index contributed by atoms with van der Waals surface area (Å²) in [5.41, 5.74) is 1.22. The van der Waals surface area contributed by atoms with Crippen LogP contribution in [0.25, 0.3) is 5.69 Å². The van der Waals surface area contributed by atoms with Crippen LogP contribution in [0.4, 0.5) is 5.69 Å². The van der Waals surface area contributed by atoms with Gasteiger partial charge in [-0.2, -0.15) is 4.68 Å². The van der Waals surface area contributed by atoms with Gasteiger partial charge in [-0.3, -0.25) is 0 Å². The number of ether oxygens (including phenoxy) is 3. The van der Waals surface area contributed by atoms with Crippen molar-refractivity contribution in [3.63, 3.8) is 0 Å². The molecule has 0 radical (unpaired) electrons. The van der Waals surface area contributed by atoms with Crippen molar-refractivity contribution in [1.82, 2.24) is 20.2 Å². The second-order valence-corrected chi connectivity index (χ2v) is 5.43. The maximum Gasteiger partial charge on any atom is 0.355 e. The topological polar surface area (TPSA) is 109 Å². The van der Waals surface area contributed by atoms with E-state index in [1.165, 1.54) is 43.3 Å². The molecule has 2 heterocycles. The van der Waals surface area contributed by atoms with Gasteiger partial charge in [0, 0.05) is 18.0 Å². The molecule has 1 aliphatic heterocycles. The van der Waals surface area contributed by atoms with Crippen LogP contribution < -0.4 is 9.64 Å². The minimum Gasteiger partial charge on any atom is -0.494 e. The molecule has 10 nitrogen and oxygen atoms in total. The van der Waals surface area contributed by atoms with Crippen molar-refractivity contribution >= 4 is 17.6 Å². The number of carbonyl (C=O) groups is 2. The van der Waals surface area contributed by atoms with E-state index in [-0.39, 0.29) is 11.3 Å². The summed E-state index contributed by atoms with van der Waals surface area (Å²) in [6, 6.07) is 5.14. The highest BCUT2D eigenvalue weighted by Crippen LogP contribution is 2.32. The van der Waals surface area contributed by atoms with Gasteiger partial charge in [0.1, 0.15) is 23.5 Å². The van der Waals surface area contributed by atoms with Crippen molar-refractivity contribution < 1.29 is 23.8 Å². The van der Waals surface area contributed by atoms with Crippen LogP contribution >= 0.6 is 0 Å². The normalized spacial score (nSPS) is 13.3. The molecule has 1 aliphatic rings. The molecule has 10 heteroatoms. The highest BCUT2D eigenvalue weighted by atomic mass is 16.5. The summed E-state index contributed by atoms with van der Waals surface area (Å²) in [4.78, 5) is 26.2. The molecule has 0 N–H and O–H groups in total. The Morgan fingerprint density at radius 2 is 1.82 bits per heavy atom. The number of nitrogens with zero attached hydrogens (tertiary/aromatic N) is 5. The van der Waals surface area contributed by atoms with Gasteiger partial charge in [-0.05, 0) is 34.7 Å². The van der Waals surface area contributed by atoms with Crippen molar-refractivity contribution in [2.75, 3.05) is 26.2 Å². The van der Waals surface area contributed by atoms with Gasteiger partial charge in [0.2, 0.25) is 0 Å². The number of aromatic nitrogens is 4. The standard InChI is InChI=1S/C18H17N5O5/c1-26-15-10-12(7-8-14(15)23-11-19-20-21-23)22-9-5-4-6-13(17(24)27-2)16(22)18(25)28-3/h4-11H,1-3H3. The third-order valence-electron chi connectivity index (χ3n) is 3.93. The van der Waals surface area contributed by atoms with E-state index in [9.17, 15) is 9.59 Å². The Morgan fingerprint density at radius 3 is 2.46 bits per heavy atom. The number of rotatable bonds is 5. The Kier molecular flexibility index (Phi) is 5.49. The first kappa shape index (κ1) is 18.8. The van der Waals surface area contributed by atoms with Gasteiger partial charge in [0.15, 0.2) is 0 Å². The smallest absolute Gasteiger partial charge is 0.355 e. The molecule has 3 rings (SSSR count). The van der Waals surface area contributed by atoms with Gasteiger partial charge in [0.05, 0.1) is 26.9 Å². The van der Waals surface area contributed by atoms with Gasteiger partial charge in [-0.1, -0.05) is 6.08 Å². The number of anilines is 1. The zero-order valence-corrected chi connectivity index (χ0v) is 15.4. The molecule has 1 aromatic carbocycles. The lowest BCUT2D eigenvalue weighted by atomic mass is 10.1. The SMILES string of the molecule is COC(=O)C1=C(C(=O)OC)N(c2ccc(-n3cnnn3)c(OC)c2)C=CC=C1. The van der Waals surface area contributed by atoms with Crippen LogP contribution in [0.5, 0.6) is 5.75 Å². The number of carbonyl (C=O) groups excluding carboxylic acids is 2. The number of allylic oxidation sites excluding steroid dienone is 2. The fourth-order valence-electron chi connectivity index (χ4n) is 2.64. The first-order chi connectivity index (χ1) is 13.6. The van der Waals surface area contributed by atoms with Crippen LogP contribution in [0.15, 0.2) is 60.2 Å². The van der Waals surface area contributed by atoms with Crippen LogP contribution in [0.2, 0.25) is 0 Å². The van der Waals surface area contributed by atoms with Crippen molar-refractivity contribution in [3.8, 4) is 11.4 Å². The molecule has 0 atom stereocenters. The van der Waals surface area contributed by atoms with E-state index >= 15 is 0 Å². The Bertz CT molecular complexity index is 978. The molecule has 2 aromatic rings. The number of benzene rings is 1. The van der Waals surface area contributed by atoms with Gasteiger partial charge < -0.3 is 19.1 Å². The lowest BCUT2D eigenvalue weighted by Gasteiger charge is -2.24. The second kappa shape index (κ2) is 8.16. The molecule has 0 saturated heterocycles. The predicted molar refractivity (Wildman–Crippen MR) is 97.5 cm³/mol. The fourth-order valence-corrected chi connectivity index (χ4v) is 2.64. The molecule has 0 saturated carbocycles. The lowest BCUT2D eigenvalue weighted by molar-refractivity contribution is -0.139. The number of hydrogen-bond acceptors (Lipinski definition) is 9. The minimum absolute atomic E-state index is 0.0107. The molecule has 0 aliphatic carbocycles. The summed E-state index contributed by atoms with van der Waals surface area (Å²) in [6.45, 7) is 0. The minimum atomic E-state index is -0.694. The lowest BCUT2D eigenvalue weighted by Crippen LogP contribution is -2.27. The highest BCUT2D eigenvalue weighted by molar-refractivity contribution is 6.05. The van der Waals surface area contributed by atoms with Crippen molar-refractivity contribution in [2.24, 2.45) is 0 Å². The fraction of sp³-hybridized carbons (Fsp3) is 0.167. The maximum atomic E-state index is 12.5. The Morgan fingerprint density at radius 1 is 1.04 bits per heavy atom. The summed E-state index contributed by atoms with van der Waals surface area (Å²) in [7, 11) is 3.98. The Balaban J connectivity index is 2.14. The second-order valence-electron chi connectivity index (χ2n) is 5.43. The van der Waals surface area contributed by atoms with Gasteiger partial charge in [-0.25, -0.2) is 9.59 Å². The summed E-state index contributed by atoms with van der Waals surface area (Å²) < 4.78 is 16.6. The highest BCUT2D eigenvalue weighted by Gasteiger charge is 2.28. The van der Waals surface area contributed by atoms with Crippen LogP contribution in [-0.4, -0.2) is 53.5 Å². The average molecular weight is 383 g/mol. The molecule has 1 aromatic heterocycles. The third-order valence-corrected chi connectivity index (χ3v) is 3.93. The molecule has 0 bridgehead atoms. The summed E-state index contributed by atoms with van der Waals surface area (Å²) in [5.74, 6) is -0.901. The molecule has 0 unspecified atom stereocenters. The summed E-state index contributed by atoms with van der Waals surface area (Å²) in [5, 5.41) is 11.1. The zero-order valence-electron chi connectivity index (χ0n) is 15.4. The molecule has 0 fully saturated rings. The number of hydrogen-bond donors (Lipinski definition) is 0. The molecule has 144 valence electrons. The largest absolute Gasteiger partial charge is 0.494 e. The molecule has 0 spiro atoms. The van der Waals surface area contributed by atoms with Crippen LogP contribution in [0.1, 0.15) is 0 Å². The quantitative estimate of drug-likeness (QED) is 0.703. The molecule has 0 amide bonds. The van der Waals surface area contributed by atoms with Gasteiger partial charge in [0.25, 0.3) is 0 Å². The van der Waals surface area contributed by atoms with Crippen molar-refractivity contribution in [2.45, 2.75) is 0 Å². The number of tetrazole rings is 1.